The molecule has 1 aromatic carbocycles. The molecule has 3 rings (SSSR count). The van der Waals surface area contributed by atoms with Gasteiger partial charge in [0.25, 0.3) is 0 Å². The van der Waals surface area contributed by atoms with Gasteiger partial charge in [-0.25, -0.2) is 0 Å². The van der Waals surface area contributed by atoms with E-state index in [2.05, 4.69) is 60.2 Å². The van der Waals surface area contributed by atoms with E-state index in [9.17, 15) is 4.79 Å². The largest absolute Gasteiger partial charge is 0.373 e. The third kappa shape index (κ3) is 5.53. The van der Waals surface area contributed by atoms with Crippen LogP contribution in [0.1, 0.15) is 37.8 Å². The Morgan fingerprint density at radius 2 is 1.88 bits per heavy atom. The molecule has 0 bridgehead atoms. The number of hydrogen-bond donors (Lipinski definition) is 1. The van der Waals surface area contributed by atoms with Crippen molar-refractivity contribution in [3.8, 4) is 0 Å². The molecular formula is C21H33N3O2. The van der Waals surface area contributed by atoms with Crippen molar-refractivity contribution in [2.24, 2.45) is 0 Å². The molecule has 5 heteroatoms. The molecular weight excluding hydrogens is 326 g/mol. The van der Waals surface area contributed by atoms with Crippen LogP contribution in [0, 0.1) is 6.92 Å². The summed E-state index contributed by atoms with van der Waals surface area (Å²) in [6.07, 6.45) is 2.97. The normalized spacial score (nSPS) is 27.6. The number of morpholine rings is 1. The summed E-state index contributed by atoms with van der Waals surface area (Å²) in [5.74, 6) is 0.126. The van der Waals surface area contributed by atoms with Crippen molar-refractivity contribution < 1.29 is 9.53 Å². The zero-order valence-corrected chi connectivity index (χ0v) is 16.4. The molecule has 1 amide bonds. The highest BCUT2D eigenvalue weighted by Crippen LogP contribution is 2.20. The van der Waals surface area contributed by atoms with E-state index in [-0.39, 0.29) is 5.91 Å². The highest BCUT2D eigenvalue weighted by atomic mass is 16.5. The minimum Gasteiger partial charge on any atom is -0.373 e. The molecule has 0 spiro atoms. The molecule has 0 saturated carbocycles. The van der Waals surface area contributed by atoms with Gasteiger partial charge in [0, 0.05) is 32.2 Å². The predicted octanol–water partition coefficient (Wildman–Crippen LogP) is 2.18. The number of nitrogens with one attached hydrogen (secondary N) is 1. The standard InChI is InChI=1S/C21H33N3O2/c1-16-6-8-19(9-7-16)11-22-21(25)15-24-10-4-5-20(24)14-23-12-17(2)26-18(3)13-23/h6-9,17-18,20H,4-5,10-15H2,1-3H3,(H,22,25). The highest BCUT2D eigenvalue weighted by Gasteiger charge is 2.30. The monoisotopic (exact) mass is 359 g/mol. The maximum atomic E-state index is 12.4. The molecule has 2 heterocycles. The van der Waals surface area contributed by atoms with E-state index in [4.69, 9.17) is 4.74 Å². The van der Waals surface area contributed by atoms with Crippen LogP contribution >= 0.6 is 0 Å². The van der Waals surface area contributed by atoms with Crippen LogP contribution in [-0.2, 0) is 16.1 Å². The molecule has 144 valence electrons. The average molecular weight is 360 g/mol. The van der Waals surface area contributed by atoms with Crippen LogP contribution in [0.3, 0.4) is 0 Å². The molecule has 2 fully saturated rings. The fraction of sp³-hybridized carbons (Fsp3) is 0.667. The topological polar surface area (TPSA) is 44.8 Å². The van der Waals surface area contributed by atoms with Crippen molar-refractivity contribution >= 4 is 5.91 Å². The van der Waals surface area contributed by atoms with Crippen LogP contribution < -0.4 is 5.32 Å². The second-order valence-corrected chi connectivity index (χ2v) is 8.00. The summed E-state index contributed by atoms with van der Waals surface area (Å²) in [6, 6.07) is 8.81. The molecule has 1 N–H and O–H groups in total. The number of amides is 1. The second-order valence-electron chi connectivity index (χ2n) is 8.00. The van der Waals surface area contributed by atoms with Gasteiger partial charge in [0.05, 0.1) is 18.8 Å². The molecule has 5 nitrogen and oxygen atoms in total. The third-order valence-electron chi connectivity index (χ3n) is 5.42. The lowest BCUT2D eigenvalue weighted by Gasteiger charge is -2.38. The lowest BCUT2D eigenvalue weighted by atomic mass is 10.1. The number of carbonyl (C=O) groups is 1. The van der Waals surface area contributed by atoms with Crippen LogP contribution in [-0.4, -0.2) is 66.7 Å². The number of rotatable bonds is 6. The molecule has 0 aromatic heterocycles. The molecule has 2 aliphatic rings. The fourth-order valence-corrected chi connectivity index (χ4v) is 4.19. The van der Waals surface area contributed by atoms with Gasteiger partial charge in [0.1, 0.15) is 0 Å². The number of aryl methyl sites for hydroxylation is 1. The van der Waals surface area contributed by atoms with Crippen LogP contribution in [0.25, 0.3) is 0 Å². The summed E-state index contributed by atoms with van der Waals surface area (Å²) in [7, 11) is 0. The summed E-state index contributed by atoms with van der Waals surface area (Å²) in [4.78, 5) is 17.3. The van der Waals surface area contributed by atoms with E-state index in [0.717, 1.165) is 31.7 Å². The van der Waals surface area contributed by atoms with Crippen molar-refractivity contribution in [2.75, 3.05) is 32.7 Å². The molecule has 3 atom stereocenters. The summed E-state index contributed by atoms with van der Waals surface area (Å²) in [6.45, 7) is 11.5. The van der Waals surface area contributed by atoms with Gasteiger partial charge in [-0.1, -0.05) is 29.8 Å². The van der Waals surface area contributed by atoms with Gasteiger partial charge in [-0.2, -0.15) is 0 Å². The Morgan fingerprint density at radius 3 is 2.58 bits per heavy atom. The SMILES string of the molecule is Cc1ccc(CNC(=O)CN2CCCC2CN2CC(C)OC(C)C2)cc1. The van der Waals surface area contributed by atoms with Crippen molar-refractivity contribution in [3.05, 3.63) is 35.4 Å². The minimum atomic E-state index is 0.126. The average Bonchev–Trinajstić information content (AvgIpc) is 3.00. The number of carbonyl (C=O) groups excluding carboxylic acids is 1. The van der Waals surface area contributed by atoms with Crippen LogP contribution in [0.5, 0.6) is 0 Å². The summed E-state index contributed by atoms with van der Waals surface area (Å²) < 4.78 is 5.83. The van der Waals surface area contributed by atoms with Gasteiger partial charge >= 0.3 is 0 Å². The summed E-state index contributed by atoms with van der Waals surface area (Å²) in [5.41, 5.74) is 2.39. The first-order valence-electron chi connectivity index (χ1n) is 9.93. The number of ether oxygens (including phenoxy) is 1. The molecule has 0 radical (unpaired) electrons. The van der Waals surface area contributed by atoms with E-state index in [1.165, 1.54) is 18.4 Å². The number of nitrogens with zero attached hydrogens (tertiary/aromatic N) is 2. The fourth-order valence-electron chi connectivity index (χ4n) is 4.19. The Hall–Kier alpha value is -1.43. The van der Waals surface area contributed by atoms with Crippen LogP contribution in [0.2, 0.25) is 0 Å². The predicted molar refractivity (Wildman–Crippen MR) is 104 cm³/mol. The first-order valence-corrected chi connectivity index (χ1v) is 9.93. The molecule has 0 aliphatic carbocycles. The lowest BCUT2D eigenvalue weighted by molar-refractivity contribution is -0.123. The Bertz CT molecular complexity index is 579. The van der Waals surface area contributed by atoms with Crippen molar-refractivity contribution in [1.29, 1.82) is 0 Å². The number of likely N-dealkylation sites (tertiary alicyclic amines) is 1. The summed E-state index contributed by atoms with van der Waals surface area (Å²) in [5, 5.41) is 3.07. The maximum absolute atomic E-state index is 12.4. The molecule has 26 heavy (non-hydrogen) atoms. The summed E-state index contributed by atoms with van der Waals surface area (Å²) >= 11 is 0. The van der Waals surface area contributed by atoms with Crippen molar-refractivity contribution in [2.45, 2.75) is 58.4 Å². The van der Waals surface area contributed by atoms with E-state index in [1.54, 1.807) is 0 Å². The third-order valence-corrected chi connectivity index (χ3v) is 5.42. The Morgan fingerprint density at radius 1 is 1.19 bits per heavy atom. The van der Waals surface area contributed by atoms with Gasteiger partial charge in [0.15, 0.2) is 0 Å². The zero-order valence-electron chi connectivity index (χ0n) is 16.4. The van der Waals surface area contributed by atoms with Gasteiger partial charge in [-0.3, -0.25) is 14.6 Å². The van der Waals surface area contributed by atoms with Gasteiger partial charge in [-0.05, 0) is 45.7 Å². The smallest absolute Gasteiger partial charge is 0.234 e. The first kappa shape index (κ1) is 19.3. The Labute approximate surface area is 157 Å². The van der Waals surface area contributed by atoms with Gasteiger partial charge in [-0.15, -0.1) is 0 Å². The van der Waals surface area contributed by atoms with E-state index < -0.39 is 0 Å². The van der Waals surface area contributed by atoms with Crippen LogP contribution in [0.4, 0.5) is 0 Å². The molecule has 3 unspecified atom stereocenters. The molecule has 2 aliphatic heterocycles. The van der Waals surface area contributed by atoms with E-state index >= 15 is 0 Å². The van der Waals surface area contributed by atoms with Crippen molar-refractivity contribution in [1.82, 2.24) is 15.1 Å². The number of hydrogen-bond acceptors (Lipinski definition) is 4. The van der Waals surface area contributed by atoms with Gasteiger partial charge < -0.3 is 10.1 Å². The Balaban J connectivity index is 1.45. The molecule has 1 aromatic rings. The van der Waals surface area contributed by atoms with E-state index in [1.807, 2.05) is 0 Å². The number of benzene rings is 1. The molecule has 2 saturated heterocycles. The first-order chi connectivity index (χ1) is 12.5. The second kappa shape index (κ2) is 8.98. The maximum Gasteiger partial charge on any atom is 0.234 e. The quantitative estimate of drug-likeness (QED) is 0.846. The van der Waals surface area contributed by atoms with Crippen molar-refractivity contribution in [3.63, 3.8) is 0 Å². The highest BCUT2D eigenvalue weighted by molar-refractivity contribution is 5.78. The van der Waals surface area contributed by atoms with Crippen LogP contribution in [0.15, 0.2) is 24.3 Å². The lowest BCUT2D eigenvalue weighted by Crippen LogP contribution is -2.51. The zero-order chi connectivity index (χ0) is 18.5. The van der Waals surface area contributed by atoms with E-state index in [0.29, 0.717) is 31.3 Å². The van der Waals surface area contributed by atoms with Gasteiger partial charge in [0.2, 0.25) is 5.91 Å². The Kier molecular flexibility index (Phi) is 6.68. The minimum absolute atomic E-state index is 0.126.